The van der Waals surface area contributed by atoms with E-state index in [1.54, 1.807) is 6.07 Å². The molecular weight excluding hydrogens is 366 g/mol. The number of hydrogen-bond donors (Lipinski definition) is 2. The summed E-state index contributed by atoms with van der Waals surface area (Å²) in [4.78, 5) is 22.9. The fraction of sp³-hybridized carbons (Fsp3) is 0.263. The number of carbonyl (C=O) groups is 2. The summed E-state index contributed by atoms with van der Waals surface area (Å²) in [6.45, 7) is 0. The van der Waals surface area contributed by atoms with Gasteiger partial charge in [0.2, 0.25) is 5.91 Å². The van der Waals surface area contributed by atoms with Gasteiger partial charge >= 0.3 is 12.1 Å². The van der Waals surface area contributed by atoms with Gasteiger partial charge in [0.25, 0.3) is 0 Å². The van der Waals surface area contributed by atoms with E-state index in [1.807, 2.05) is 0 Å². The van der Waals surface area contributed by atoms with Gasteiger partial charge in [0.05, 0.1) is 12.0 Å². The lowest BCUT2D eigenvalue weighted by Crippen LogP contribution is -2.15. The standard InChI is InChI=1S/C19H15F4NO3/c20-16-8-13(5-4-11(16)7-17(25)26)24-18(27)15-9-14(15)10-2-1-3-12(6-10)19(21,22)23/h1-6,8,14-15H,7,9H2,(H,24,27)(H,25,26). The summed E-state index contributed by atoms with van der Waals surface area (Å²) in [6.07, 6.45) is -4.51. The molecule has 0 saturated heterocycles. The summed E-state index contributed by atoms with van der Waals surface area (Å²) in [6, 6.07) is 8.56. The van der Waals surface area contributed by atoms with Crippen LogP contribution in [0.3, 0.4) is 0 Å². The fourth-order valence-corrected chi connectivity index (χ4v) is 2.97. The number of halogens is 4. The molecule has 0 heterocycles. The average molecular weight is 381 g/mol. The summed E-state index contributed by atoms with van der Waals surface area (Å²) < 4.78 is 52.2. The third-order valence-corrected chi connectivity index (χ3v) is 4.43. The van der Waals surface area contributed by atoms with Crippen molar-refractivity contribution in [2.24, 2.45) is 5.92 Å². The van der Waals surface area contributed by atoms with Crippen molar-refractivity contribution in [2.45, 2.75) is 24.9 Å². The van der Waals surface area contributed by atoms with E-state index in [-0.39, 0.29) is 17.2 Å². The number of carboxylic acid groups (broad SMARTS) is 1. The van der Waals surface area contributed by atoms with Gasteiger partial charge in [0, 0.05) is 11.6 Å². The van der Waals surface area contributed by atoms with Crippen molar-refractivity contribution in [3.05, 3.63) is 65.0 Å². The molecule has 0 bridgehead atoms. The first kappa shape index (κ1) is 18.9. The second kappa shape index (κ2) is 7.02. The molecule has 1 aliphatic rings. The van der Waals surface area contributed by atoms with Gasteiger partial charge in [-0.05, 0) is 41.7 Å². The van der Waals surface area contributed by atoms with E-state index in [4.69, 9.17) is 5.11 Å². The number of benzene rings is 2. The zero-order valence-corrected chi connectivity index (χ0v) is 13.9. The lowest BCUT2D eigenvalue weighted by molar-refractivity contribution is -0.138. The van der Waals surface area contributed by atoms with Gasteiger partial charge in [0.15, 0.2) is 0 Å². The number of carbonyl (C=O) groups excluding carboxylic acids is 1. The molecule has 2 unspecified atom stereocenters. The minimum Gasteiger partial charge on any atom is -0.481 e. The number of amides is 1. The second-order valence-corrected chi connectivity index (χ2v) is 6.44. The zero-order chi connectivity index (χ0) is 19.8. The molecule has 2 aromatic rings. The highest BCUT2D eigenvalue weighted by Crippen LogP contribution is 2.48. The molecule has 1 amide bonds. The highest BCUT2D eigenvalue weighted by atomic mass is 19.4. The number of hydrogen-bond acceptors (Lipinski definition) is 2. The smallest absolute Gasteiger partial charge is 0.416 e. The van der Waals surface area contributed by atoms with Crippen LogP contribution in [-0.4, -0.2) is 17.0 Å². The van der Waals surface area contributed by atoms with E-state index in [2.05, 4.69) is 5.32 Å². The van der Waals surface area contributed by atoms with Crippen LogP contribution in [-0.2, 0) is 22.2 Å². The van der Waals surface area contributed by atoms with Gasteiger partial charge in [-0.1, -0.05) is 24.3 Å². The maximum Gasteiger partial charge on any atom is 0.416 e. The summed E-state index contributed by atoms with van der Waals surface area (Å²) in [5.74, 6) is -3.14. The van der Waals surface area contributed by atoms with Crippen LogP contribution in [0, 0.1) is 11.7 Å². The van der Waals surface area contributed by atoms with E-state index >= 15 is 0 Å². The van der Waals surface area contributed by atoms with Crippen molar-refractivity contribution in [1.82, 2.24) is 0 Å². The van der Waals surface area contributed by atoms with Gasteiger partial charge in [-0.15, -0.1) is 0 Å². The number of rotatable bonds is 5. The van der Waals surface area contributed by atoms with Gasteiger partial charge < -0.3 is 10.4 Å². The second-order valence-electron chi connectivity index (χ2n) is 6.44. The van der Waals surface area contributed by atoms with Crippen LogP contribution in [0.5, 0.6) is 0 Å². The first-order chi connectivity index (χ1) is 12.6. The van der Waals surface area contributed by atoms with Crippen LogP contribution in [0.4, 0.5) is 23.2 Å². The Hall–Kier alpha value is -2.90. The van der Waals surface area contributed by atoms with Gasteiger partial charge in [0.1, 0.15) is 5.82 Å². The molecule has 2 atom stereocenters. The highest BCUT2D eigenvalue weighted by Gasteiger charge is 2.44. The fourth-order valence-electron chi connectivity index (χ4n) is 2.97. The van der Waals surface area contributed by atoms with Crippen LogP contribution in [0.25, 0.3) is 0 Å². The van der Waals surface area contributed by atoms with E-state index in [0.717, 1.165) is 18.2 Å². The van der Waals surface area contributed by atoms with Gasteiger partial charge in [-0.3, -0.25) is 9.59 Å². The molecular formula is C19H15F4NO3. The van der Waals surface area contributed by atoms with E-state index < -0.39 is 41.8 Å². The monoisotopic (exact) mass is 381 g/mol. The predicted octanol–water partition coefficient (Wildman–Crippen LogP) is 4.21. The quantitative estimate of drug-likeness (QED) is 0.763. The number of carboxylic acids is 1. The molecule has 8 heteroatoms. The SMILES string of the molecule is O=C(O)Cc1ccc(NC(=O)C2CC2c2cccc(C(F)(F)F)c2)cc1F. The van der Waals surface area contributed by atoms with Crippen molar-refractivity contribution < 1.29 is 32.3 Å². The topological polar surface area (TPSA) is 66.4 Å². The van der Waals surface area contributed by atoms with Crippen LogP contribution in [0.2, 0.25) is 0 Å². The number of anilines is 1. The molecule has 2 N–H and O–H groups in total. The number of nitrogens with one attached hydrogen (secondary N) is 1. The predicted molar refractivity (Wildman–Crippen MR) is 88.7 cm³/mol. The molecule has 1 aliphatic carbocycles. The van der Waals surface area contributed by atoms with Crippen LogP contribution in [0.15, 0.2) is 42.5 Å². The Morgan fingerprint density at radius 1 is 1.15 bits per heavy atom. The minimum absolute atomic E-state index is 0.00577. The van der Waals surface area contributed by atoms with Crippen molar-refractivity contribution in [1.29, 1.82) is 0 Å². The third-order valence-electron chi connectivity index (χ3n) is 4.43. The summed E-state index contributed by atoms with van der Waals surface area (Å²) in [5.41, 5.74) is -0.162. The Labute approximate surface area is 151 Å². The molecule has 0 spiro atoms. The zero-order valence-electron chi connectivity index (χ0n) is 13.9. The van der Waals surface area contributed by atoms with Gasteiger partial charge in [-0.25, -0.2) is 4.39 Å². The average Bonchev–Trinajstić information content (AvgIpc) is 3.37. The molecule has 142 valence electrons. The molecule has 0 aliphatic heterocycles. The van der Waals surface area contributed by atoms with E-state index in [0.29, 0.717) is 12.0 Å². The Morgan fingerprint density at radius 3 is 2.52 bits per heavy atom. The molecule has 3 rings (SSSR count). The first-order valence-electron chi connectivity index (χ1n) is 8.13. The van der Waals surface area contributed by atoms with Crippen LogP contribution < -0.4 is 5.32 Å². The van der Waals surface area contributed by atoms with Gasteiger partial charge in [-0.2, -0.15) is 13.2 Å². The maximum atomic E-state index is 13.9. The minimum atomic E-state index is -4.45. The normalized spacial score (nSPS) is 18.8. The summed E-state index contributed by atoms with van der Waals surface area (Å²) in [5, 5.41) is 11.2. The molecule has 2 aromatic carbocycles. The molecule has 1 saturated carbocycles. The largest absolute Gasteiger partial charge is 0.481 e. The van der Waals surface area contributed by atoms with Crippen molar-refractivity contribution in [3.8, 4) is 0 Å². The van der Waals surface area contributed by atoms with Crippen molar-refractivity contribution >= 4 is 17.6 Å². The Balaban J connectivity index is 1.65. The molecule has 1 fully saturated rings. The van der Waals surface area contributed by atoms with E-state index in [1.165, 1.54) is 18.2 Å². The van der Waals surface area contributed by atoms with Crippen LogP contribution in [0.1, 0.15) is 29.0 Å². The Morgan fingerprint density at radius 2 is 1.89 bits per heavy atom. The van der Waals surface area contributed by atoms with Crippen molar-refractivity contribution in [3.63, 3.8) is 0 Å². The first-order valence-corrected chi connectivity index (χ1v) is 8.13. The lowest BCUT2D eigenvalue weighted by Gasteiger charge is -2.09. The number of alkyl halides is 3. The Bertz CT molecular complexity index is 895. The maximum absolute atomic E-state index is 13.9. The summed E-state index contributed by atoms with van der Waals surface area (Å²) in [7, 11) is 0. The summed E-state index contributed by atoms with van der Waals surface area (Å²) >= 11 is 0. The number of aliphatic carboxylic acids is 1. The molecule has 0 aromatic heterocycles. The van der Waals surface area contributed by atoms with Crippen LogP contribution >= 0.6 is 0 Å². The molecule has 27 heavy (non-hydrogen) atoms. The molecule has 0 radical (unpaired) electrons. The Kier molecular flexibility index (Phi) is 4.91. The van der Waals surface area contributed by atoms with E-state index in [9.17, 15) is 27.2 Å². The van der Waals surface area contributed by atoms with Crippen molar-refractivity contribution in [2.75, 3.05) is 5.32 Å². The highest BCUT2D eigenvalue weighted by molar-refractivity contribution is 5.95. The lowest BCUT2D eigenvalue weighted by atomic mass is 10.1. The molecule has 4 nitrogen and oxygen atoms in total. The third kappa shape index (κ3) is 4.45.